The summed E-state index contributed by atoms with van der Waals surface area (Å²) in [5.74, 6) is 0. The van der Waals surface area contributed by atoms with Gasteiger partial charge in [0.25, 0.3) is 0 Å². The Hall–Kier alpha value is -0.410. The fourth-order valence-corrected chi connectivity index (χ4v) is 1.17. The van der Waals surface area contributed by atoms with Crippen LogP contribution in [0, 0.1) is 0 Å². The molecule has 0 radical (unpaired) electrons. The highest BCUT2D eigenvalue weighted by molar-refractivity contribution is 7.07. The quantitative estimate of drug-likeness (QED) is 0.624. The predicted molar refractivity (Wildman–Crippen MR) is 42.1 cm³/mol. The Morgan fingerprint density at radius 2 is 2.60 bits per heavy atom. The molecule has 0 atom stereocenters. The molecule has 10 heavy (non-hydrogen) atoms. The van der Waals surface area contributed by atoms with Crippen LogP contribution in [0.4, 0.5) is 0 Å². The molecule has 0 aliphatic rings. The zero-order valence-corrected chi connectivity index (χ0v) is 6.86. The van der Waals surface area contributed by atoms with E-state index in [-0.39, 0.29) is 0 Å². The maximum atomic E-state index is 5.27. The van der Waals surface area contributed by atoms with Crippen LogP contribution in [0.5, 0.6) is 0 Å². The van der Waals surface area contributed by atoms with E-state index in [0.717, 1.165) is 18.7 Å². The van der Waals surface area contributed by atoms with Crippen molar-refractivity contribution in [3.05, 3.63) is 16.6 Å². The van der Waals surface area contributed by atoms with Gasteiger partial charge in [-0.1, -0.05) is 6.92 Å². The van der Waals surface area contributed by atoms with Crippen LogP contribution in [0.25, 0.3) is 0 Å². The van der Waals surface area contributed by atoms with E-state index in [0.29, 0.717) is 6.61 Å². The van der Waals surface area contributed by atoms with Crippen molar-refractivity contribution in [3.8, 4) is 0 Å². The molecule has 3 heteroatoms. The van der Waals surface area contributed by atoms with Crippen LogP contribution in [-0.2, 0) is 11.3 Å². The second kappa shape index (κ2) is 4.41. The Bertz CT molecular complexity index is 162. The molecule has 0 aromatic carbocycles. The largest absolute Gasteiger partial charge is 0.375 e. The maximum absolute atomic E-state index is 5.27. The lowest BCUT2D eigenvalue weighted by Gasteiger charge is -1.96. The van der Waals surface area contributed by atoms with E-state index in [1.807, 2.05) is 10.9 Å². The zero-order chi connectivity index (χ0) is 7.23. The molecule has 0 saturated heterocycles. The topological polar surface area (TPSA) is 22.1 Å². The number of thiazole rings is 1. The molecule has 0 aliphatic carbocycles. The maximum Gasteiger partial charge on any atom is 0.0896 e. The number of hydrogen-bond donors (Lipinski definition) is 0. The monoisotopic (exact) mass is 157 g/mol. The molecule has 1 aromatic rings. The standard InChI is InChI=1S/C7H11NOS/c1-2-3-9-4-7-5-10-6-8-7/h5-6H,2-4H2,1H3. The molecule has 2 nitrogen and oxygen atoms in total. The van der Waals surface area contributed by atoms with Gasteiger partial charge in [-0.2, -0.15) is 0 Å². The van der Waals surface area contributed by atoms with Crippen molar-refractivity contribution in [1.29, 1.82) is 0 Å². The summed E-state index contributed by atoms with van der Waals surface area (Å²) >= 11 is 1.61. The van der Waals surface area contributed by atoms with E-state index in [4.69, 9.17) is 4.74 Å². The number of hydrogen-bond acceptors (Lipinski definition) is 3. The molecule has 0 N–H and O–H groups in total. The highest BCUT2D eigenvalue weighted by Gasteiger charge is 1.91. The van der Waals surface area contributed by atoms with Crippen LogP contribution in [0.15, 0.2) is 10.9 Å². The highest BCUT2D eigenvalue weighted by atomic mass is 32.1. The molecule has 0 unspecified atom stereocenters. The molecule has 1 rings (SSSR count). The first-order chi connectivity index (χ1) is 4.93. The molecule has 56 valence electrons. The minimum Gasteiger partial charge on any atom is -0.375 e. The smallest absolute Gasteiger partial charge is 0.0896 e. The van der Waals surface area contributed by atoms with Crippen LogP contribution in [0.1, 0.15) is 19.0 Å². The van der Waals surface area contributed by atoms with E-state index < -0.39 is 0 Å². The number of nitrogens with zero attached hydrogens (tertiary/aromatic N) is 1. The summed E-state index contributed by atoms with van der Waals surface area (Å²) in [5.41, 5.74) is 2.86. The van der Waals surface area contributed by atoms with Crippen molar-refractivity contribution < 1.29 is 4.74 Å². The van der Waals surface area contributed by atoms with Gasteiger partial charge in [0.15, 0.2) is 0 Å². The van der Waals surface area contributed by atoms with E-state index in [1.165, 1.54) is 0 Å². The summed E-state index contributed by atoms with van der Waals surface area (Å²) in [7, 11) is 0. The third-order valence-electron chi connectivity index (χ3n) is 1.08. The molecule has 0 bridgehead atoms. The van der Waals surface area contributed by atoms with E-state index >= 15 is 0 Å². The molecule has 1 heterocycles. The molecule has 0 spiro atoms. The lowest BCUT2D eigenvalue weighted by atomic mass is 10.5. The Labute approximate surface area is 64.9 Å². The fourth-order valence-electron chi connectivity index (χ4n) is 0.630. The van der Waals surface area contributed by atoms with E-state index in [1.54, 1.807) is 11.3 Å². The first-order valence-electron chi connectivity index (χ1n) is 3.38. The normalized spacial score (nSPS) is 10.1. The van der Waals surface area contributed by atoms with Gasteiger partial charge in [-0.3, -0.25) is 0 Å². The van der Waals surface area contributed by atoms with Crippen LogP contribution >= 0.6 is 11.3 Å². The molecular weight excluding hydrogens is 146 g/mol. The second-order valence-electron chi connectivity index (χ2n) is 2.03. The Balaban J connectivity index is 2.15. The number of ether oxygens (including phenoxy) is 1. The molecular formula is C7H11NOS. The average molecular weight is 157 g/mol. The molecule has 1 aromatic heterocycles. The summed E-state index contributed by atoms with van der Waals surface area (Å²) in [5, 5.41) is 2.01. The van der Waals surface area contributed by atoms with Gasteiger partial charge in [-0.15, -0.1) is 11.3 Å². The summed E-state index contributed by atoms with van der Waals surface area (Å²) in [6, 6.07) is 0. The summed E-state index contributed by atoms with van der Waals surface area (Å²) in [4.78, 5) is 4.08. The lowest BCUT2D eigenvalue weighted by molar-refractivity contribution is 0.119. The van der Waals surface area contributed by atoms with Crippen LogP contribution in [-0.4, -0.2) is 11.6 Å². The summed E-state index contributed by atoms with van der Waals surface area (Å²) < 4.78 is 5.27. The Morgan fingerprint density at radius 1 is 1.70 bits per heavy atom. The fraction of sp³-hybridized carbons (Fsp3) is 0.571. The van der Waals surface area contributed by atoms with Gasteiger partial charge in [0.1, 0.15) is 0 Å². The third kappa shape index (κ3) is 2.45. The van der Waals surface area contributed by atoms with Crippen molar-refractivity contribution in [2.45, 2.75) is 20.0 Å². The minimum absolute atomic E-state index is 0.664. The lowest BCUT2D eigenvalue weighted by Crippen LogP contribution is -1.93. The van der Waals surface area contributed by atoms with Gasteiger partial charge < -0.3 is 4.74 Å². The van der Waals surface area contributed by atoms with Gasteiger partial charge in [0.05, 0.1) is 17.8 Å². The van der Waals surface area contributed by atoms with Gasteiger partial charge in [0.2, 0.25) is 0 Å². The zero-order valence-electron chi connectivity index (χ0n) is 6.04. The van der Waals surface area contributed by atoms with E-state index in [2.05, 4.69) is 11.9 Å². The predicted octanol–water partition coefficient (Wildman–Crippen LogP) is 2.07. The minimum atomic E-state index is 0.664. The number of rotatable bonds is 4. The molecule has 0 amide bonds. The second-order valence-corrected chi connectivity index (χ2v) is 2.75. The third-order valence-corrected chi connectivity index (χ3v) is 1.72. The highest BCUT2D eigenvalue weighted by Crippen LogP contribution is 2.02. The van der Waals surface area contributed by atoms with Gasteiger partial charge in [-0.25, -0.2) is 4.98 Å². The van der Waals surface area contributed by atoms with Crippen molar-refractivity contribution in [1.82, 2.24) is 4.98 Å². The molecule has 0 saturated carbocycles. The van der Waals surface area contributed by atoms with Crippen LogP contribution in [0.2, 0.25) is 0 Å². The molecule has 0 fully saturated rings. The van der Waals surface area contributed by atoms with Gasteiger partial charge in [-0.05, 0) is 6.42 Å². The Morgan fingerprint density at radius 3 is 3.20 bits per heavy atom. The number of aromatic nitrogens is 1. The van der Waals surface area contributed by atoms with E-state index in [9.17, 15) is 0 Å². The first kappa shape index (κ1) is 7.69. The van der Waals surface area contributed by atoms with Crippen molar-refractivity contribution in [2.24, 2.45) is 0 Å². The summed E-state index contributed by atoms with van der Waals surface area (Å²) in [6.45, 7) is 3.59. The average Bonchev–Trinajstić information content (AvgIpc) is 2.41. The van der Waals surface area contributed by atoms with Crippen molar-refractivity contribution >= 4 is 11.3 Å². The van der Waals surface area contributed by atoms with Crippen molar-refractivity contribution in [2.75, 3.05) is 6.61 Å². The van der Waals surface area contributed by atoms with Gasteiger partial charge in [0, 0.05) is 12.0 Å². The first-order valence-corrected chi connectivity index (χ1v) is 4.32. The molecule has 0 aliphatic heterocycles. The van der Waals surface area contributed by atoms with Gasteiger partial charge >= 0.3 is 0 Å². The Kier molecular flexibility index (Phi) is 3.40. The SMILES string of the molecule is CCCOCc1cscn1. The van der Waals surface area contributed by atoms with Crippen LogP contribution < -0.4 is 0 Å². The van der Waals surface area contributed by atoms with Crippen molar-refractivity contribution in [3.63, 3.8) is 0 Å². The van der Waals surface area contributed by atoms with Crippen LogP contribution in [0.3, 0.4) is 0 Å². The summed E-state index contributed by atoms with van der Waals surface area (Å²) in [6.07, 6.45) is 1.07.